The molecule has 0 heterocycles. The third-order valence-corrected chi connectivity index (χ3v) is 6.88. The maximum atomic E-state index is 10.2. The highest BCUT2D eigenvalue weighted by Crippen LogP contribution is 2.44. The van der Waals surface area contributed by atoms with Gasteiger partial charge in [-0.25, -0.2) is 0 Å². The molecule has 0 aliphatic rings. The van der Waals surface area contributed by atoms with Crippen LogP contribution in [0, 0.1) is 0 Å². The quantitative estimate of drug-likeness (QED) is 0.190. The van der Waals surface area contributed by atoms with Gasteiger partial charge in [-0.1, -0.05) is 62.4 Å². The highest BCUT2D eigenvalue weighted by Gasteiger charge is 2.33. The van der Waals surface area contributed by atoms with Gasteiger partial charge in [-0.15, -0.1) is 0 Å². The Morgan fingerprint density at radius 2 is 0.765 bits per heavy atom. The predicted octanol–water partition coefficient (Wildman–Crippen LogP) is 5.89. The molecule has 0 bridgehead atoms. The summed E-state index contributed by atoms with van der Waals surface area (Å²) in [5.74, 6) is -0.690. The van der Waals surface area contributed by atoms with Crippen molar-refractivity contribution in [1.29, 1.82) is 0 Å². The molecule has 5 N–H and O–H groups in total. The Morgan fingerprint density at radius 1 is 0.412 bits per heavy atom. The molecule has 0 atom stereocenters. The van der Waals surface area contributed by atoms with Gasteiger partial charge in [0.2, 0.25) is 0 Å². The number of phenols is 5. The molecule has 4 rings (SSSR count). The van der Waals surface area contributed by atoms with E-state index in [0.29, 0.717) is 11.1 Å². The topological polar surface area (TPSA) is 101 Å². The Hall–Kier alpha value is -4.12. The van der Waals surface area contributed by atoms with Crippen LogP contribution in [0.4, 0.5) is 0 Å². The Kier molecular flexibility index (Phi) is 5.65. The Balaban J connectivity index is 1.84. The first-order valence-corrected chi connectivity index (χ1v) is 11.0. The van der Waals surface area contributed by atoms with Crippen molar-refractivity contribution in [2.24, 2.45) is 0 Å². The minimum absolute atomic E-state index is 0.217. The zero-order chi connectivity index (χ0) is 24.7. The maximum Gasteiger partial charge on any atom is 0.157 e. The van der Waals surface area contributed by atoms with E-state index in [-0.39, 0.29) is 34.2 Å². The van der Waals surface area contributed by atoms with Gasteiger partial charge in [0.25, 0.3) is 0 Å². The van der Waals surface area contributed by atoms with E-state index in [1.807, 2.05) is 43.3 Å². The minimum atomic E-state index is -0.808. The highest BCUT2D eigenvalue weighted by molar-refractivity contribution is 5.56. The zero-order valence-corrected chi connectivity index (χ0v) is 19.3. The first kappa shape index (κ1) is 23.1. The molecule has 0 aromatic heterocycles. The van der Waals surface area contributed by atoms with Crippen molar-refractivity contribution in [3.8, 4) is 28.7 Å². The van der Waals surface area contributed by atoms with Crippen molar-refractivity contribution in [2.45, 2.75) is 31.6 Å². The van der Waals surface area contributed by atoms with Gasteiger partial charge in [0.05, 0.1) is 0 Å². The lowest BCUT2D eigenvalue weighted by molar-refractivity contribution is 0.400. The SMILES string of the molecule is CC(C)(c1ccc(O)cc1)c1ccc(C(C)(c2ccc(O)c(O)c2)c2ccc(O)c(O)c2)cc1. The molecule has 5 heteroatoms. The normalized spacial score (nSPS) is 12.0. The van der Waals surface area contributed by atoms with Crippen LogP contribution >= 0.6 is 0 Å². The van der Waals surface area contributed by atoms with Crippen molar-refractivity contribution >= 4 is 0 Å². The first-order valence-electron chi connectivity index (χ1n) is 11.0. The molecule has 174 valence electrons. The molecule has 0 spiro atoms. The summed E-state index contributed by atoms with van der Waals surface area (Å²) in [5, 5.41) is 49.7. The predicted molar refractivity (Wildman–Crippen MR) is 132 cm³/mol. The van der Waals surface area contributed by atoms with E-state index in [0.717, 1.165) is 16.7 Å². The van der Waals surface area contributed by atoms with Gasteiger partial charge in [-0.05, 0) is 71.1 Å². The average molecular weight is 457 g/mol. The molecule has 5 nitrogen and oxygen atoms in total. The van der Waals surface area contributed by atoms with Crippen molar-refractivity contribution in [2.75, 3.05) is 0 Å². The lowest BCUT2D eigenvalue weighted by atomic mass is 9.70. The van der Waals surface area contributed by atoms with Crippen LogP contribution in [0.25, 0.3) is 0 Å². The summed E-state index contributed by atoms with van der Waals surface area (Å²) in [6.07, 6.45) is 0. The first-order chi connectivity index (χ1) is 16.0. The molecule has 0 amide bonds. The number of rotatable bonds is 5. The van der Waals surface area contributed by atoms with Crippen molar-refractivity contribution < 1.29 is 25.5 Å². The molecule has 0 fully saturated rings. The van der Waals surface area contributed by atoms with Crippen LogP contribution in [0.15, 0.2) is 84.9 Å². The summed E-state index contributed by atoms with van der Waals surface area (Å²) < 4.78 is 0. The molecular weight excluding hydrogens is 428 g/mol. The largest absolute Gasteiger partial charge is 0.508 e. The van der Waals surface area contributed by atoms with Crippen molar-refractivity contribution in [3.63, 3.8) is 0 Å². The van der Waals surface area contributed by atoms with Crippen LogP contribution in [0.1, 0.15) is 48.6 Å². The fraction of sp³-hybridized carbons (Fsp3) is 0.172. The van der Waals surface area contributed by atoms with Crippen molar-refractivity contribution in [3.05, 3.63) is 113 Å². The molecule has 0 radical (unpaired) electrons. The van der Waals surface area contributed by atoms with Gasteiger partial charge in [-0.2, -0.15) is 0 Å². The fourth-order valence-corrected chi connectivity index (χ4v) is 4.43. The number of benzene rings is 4. The smallest absolute Gasteiger partial charge is 0.157 e. The van der Waals surface area contributed by atoms with Gasteiger partial charge in [0.15, 0.2) is 23.0 Å². The third-order valence-electron chi connectivity index (χ3n) is 6.88. The Morgan fingerprint density at radius 3 is 1.18 bits per heavy atom. The van der Waals surface area contributed by atoms with Crippen LogP contribution in [-0.4, -0.2) is 25.5 Å². The summed E-state index contributed by atoms with van der Waals surface area (Å²) in [4.78, 5) is 0. The van der Waals surface area contributed by atoms with E-state index in [4.69, 9.17) is 0 Å². The highest BCUT2D eigenvalue weighted by atomic mass is 16.3. The summed E-state index contributed by atoms with van der Waals surface area (Å²) >= 11 is 0. The molecule has 0 saturated heterocycles. The van der Waals surface area contributed by atoms with Crippen LogP contribution in [0.3, 0.4) is 0 Å². The Labute approximate surface area is 198 Å². The fourth-order valence-electron chi connectivity index (χ4n) is 4.43. The van der Waals surface area contributed by atoms with Gasteiger partial charge in [-0.3, -0.25) is 0 Å². The second-order valence-electron chi connectivity index (χ2n) is 9.28. The summed E-state index contributed by atoms with van der Waals surface area (Å²) in [6.45, 7) is 6.19. The van der Waals surface area contributed by atoms with Gasteiger partial charge < -0.3 is 25.5 Å². The number of phenolic OH excluding ortho intramolecular Hbond substituents is 5. The number of hydrogen-bond acceptors (Lipinski definition) is 5. The van der Waals surface area contributed by atoms with E-state index in [2.05, 4.69) is 13.8 Å². The molecule has 4 aromatic rings. The number of hydrogen-bond donors (Lipinski definition) is 5. The molecule has 0 aliphatic carbocycles. The minimum Gasteiger partial charge on any atom is -0.508 e. The van der Waals surface area contributed by atoms with Gasteiger partial charge >= 0.3 is 0 Å². The van der Waals surface area contributed by atoms with Gasteiger partial charge in [0.1, 0.15) is 5.75 Å². The summed E-state index contributed by atoms with van der Waals surface area (Å²) in [5.41, 5.74) is 3.33. The average Bonchev–Trinajstić information content (AvgIpc) is 2.82. The summed E-state index contributed by atoms with van der Waals surface area (Å²) in [6, 6.07) is 24.6. The van der Waals surface area contributed by atoms with E-state index in [9.17, 15) is 25.5 Å². The van der Waals surface area contributed by atoms with Gasteiger partial charge in [0, 0.05) is 10.8 Å². The lowest BCUT2D eigenvalue weighted by Crippen LogP contribution is -2.26. The van der Waals surface area contributed by atoms with Crippen LogP contribution in [0.5, 0.6) is 28.7 Å². The Bertz CT molecular complexity index is 1270. The number of aromatic hydroxyl groups is 5. The molecule has 0 unspecified atom stereocenters. The molecule has 0 saturated carbocycles. The maximum absolute atomic E-state index is 10.2. The third kappa shape index (κ3) is 3.90. The van der Waals surface area contributed by atoms with E-state index < -0.39 is 5.41 Å². The molecule has 4 aromatic carbocycles. The van der Waals surface area contributed by atoms with Crippen LogP contribution < -0.4 is 0 Å². The van der Waals surface area contributed by atoms with Crippen LogP contribution in [0.2, 0.25) is 0 Å². The van der Waals surface area contributed by atoms with E-state index >= 15 is 0 Å². The summed E-state index contributed by atoms with van der Waals surface area (Å²) in [7, 11) is 0. The standard InChI is InChI=1S/C29H28O5/c1-28(2,19-8-12-23(30)13-9-19)18-4-6-20(7-5-18)29(3,21-10-14-24(31)26(33)16-21)22-11-15-25(32)27(34)17-22/h4-17,30-34H,1-3H3. The molecule has 34 heavy (non-hydrogen) atoms. The van der Waals surface area contributed by atoms with Crippen molar-refractivity contribution in [1.82, 2.24) is 0 Å². The zero-order valence-electron chi connectivity index (χ0n) is 19.3. The molecular formula is C29H28O5. The second-order valence-corrected chi connectivity index (χ2v) is 9.28. The monoisotopic (exact) mass is 456 g/mol. The van der Waals surface area contributed by atoms with Crippen LogP contribution in [-0.2, 0) is 10.8 Å². The second kappa shape index (κ2) is 8.34. The van der Waals surface area contributed by atoms with E-state index in [1.165, 1.54) is 24.3 Å². The lowest BCUT2D eigenvalue weighted by Gasteiger charge is -2.33. The van der Waals surface area contributed by atoms with E-state index in [1.54, 1.807) is 24.3 Å². The molecule has 0 aliphatic heterocycles.